The molecule has 0 radical (unpaired) electrons. The van der Waals surface area contributed by atoms with Gasteiger partial charge in [0, 0.05) is 26.3 Å². The first-order valence-corrected chi connectivity index (χ1v) is 6.95. The lowest BCUT2D eigenvalue weighted by atomic mass is 10.2. The number of rotatable bonds is 9. The Morgan fingerprint density at radius 2 is 2.19 bits per heavy atom. The lowest BCUT2D eigenvalue weighted by Gasteiger charge is -2.17. The Hall–Kier alpha value is -1.51. The second-order valence-corrected chi connectivity index (χ2v) is 5.20. The molecule has 0 fully saturated rings. The molecular formula is C13H24N4O4. The molecule has 1 heterocycles. The number of nitrogens with one attached hydrogen (secondary N) is 1. The van der Waals surface area contributed by atoms with Crippen LogP contribution in [0.3, 0.4) is 0 Å². The predicted molar refractivity (Wildman–Crippen MR) is 78.3 cm³/mol. The molecular weight excluding hydrogens is 276 g/mol. The van der Waals surface area contributed by atoms with Crippen molar-refractivity contribution in [2.45, 2.75) is 45.9 Å². The first-order chi connectivity index (χ1) is 9.86. The number of hydrogen-bond acceptors (Lipinski definition) is 6. The van der Waals surface area contributed by atoms with E-state index in [1.165, 1.54) is 4.68 Å². The van der Waals surface area contributed by atoms with Gasteiger partial charge in [-0.3, -0.25) is 14.8 Å². The van der Waals surface area contributed by atoms with Crippen molar-refractivity contribution in [1.29, 1.82) is 0 Å². The quantitative estimate of drug-likeness (QED) is 0.516. The Balaban J connectivity index is 2.54. The van der Waals surface area contributed by atoms with Crippen LogP contribution in [0.15, 0.2) is 0 Å². The van der Waals surface area contributed by atoms with E-state index in [1.807, 2.05) is 6.92 Å². The van der Waals surface area contributed by atoms with Gasteiger partial charge in [0.1, 0.15) is 11.4 Å². The van der Waals surface area contributed by atoms with E-state index in [0.717, 1.165) is 6.42 Å². The molecule has 2 atom stereocenters. The topological polar surface area (TPSA) is 102 Å². The SMILES string of the molecule is COCCC(C)NCC(O)Cn1nc(C)c([N+](=O)[O-])c1C. The minimum atomic E-state index is -0.660. The summed E-state index contributed by atoms with van der Waals surface area (Å²) in [5.74, 6) is 0. The molecule has 0 aromatic carbocycles. The molecule has 0 amide bonds. The second-order valence-electron chi connectivity index (χ2n) is 5.20. The molecule has 1 aromatic rings. The van der Waals surface area contributed by atoms with Gasteiger partial charge in [-0.25, -0.2) is 0 Å². The van der Waals surface area contributed by atoms with E-state index in [0.29, 0.717) is 24.5 Å². The number of nitro groups is 1. The third-order valence-corrected chi connectivity index (χ3v) is 3.37. The van der Waals surface area contributed by atoms with E-state index >= 15 is 0 Å². The van der Waals surface area contributed by atoms with E-state index in [2.05, 4.69) is 10.4 Å². The van der Waals surface area contributed by atoms with Crippen molar-refractivity contribution in [2.24, 2.45) is 0 Å². The number of hydrogen-bond donors (Lipinski definition) is 2. The third kappa shape index (κ3) is 5.07. The van der Waals surface area contributed by atoms with E-state index in [1.54, 1.807) is 21.0 Å². The minimum Gasteiger partial charge on any atom is -0.390 e. The van der Waals surface area contributed by atoms with Gasteiger partial charge in [-0.2, -0.15) is 5.10 Å². The maximum Gasteiger partial charge on any atom is 0.312 e. The van der Waals surface area contributed by atoms with Crippen molar-refractivity contribution < 1.29 is 14.8 Å². The molecule has 0 aliphatic heterocycles. The van der Waals surface area contributed by atoms with Crippen LogP contribution in [0.25, 0.3) is 0 Å². The average Bonchev–Trinajstić information content (AvgIpc) is 2.68. The van der Waals surface area contributed by atoms with Gasteiger partial charge in [-0.15, -0.1) is 0 Å². The largest absolute Gasteiger partial charge is 0.390 e. The summed E-state index contributed by atoms with van der Waals surface area (Å²) in [6.45, 7) is 6.54. The van der Waals surface area contributed by atoms with Crippen molar-refractivity contribution in [3.8, 4) is 0 Å². The highest BCUT2D eigenvalue weighted by Gasteiger charge is 2.22. The van der Waals surface area contributed by atoms with E-state index in [-0.39, 0.29) is 18.3 Å². The van der Waals surface area contributed by atoms with Gasteiger partial charge in [0.2, 0.25) is 0 Å². The highest BCUT2D eigenvalue weighted by Crippen LogP contribution is 2.21. The maximum atomic E-state index is 10.9. The molecule has 8 heteroatoms. The standard InChI is InChI=1S/C13H24N4O4/c1-9(5-6-21-4)14-7-12(18)8-16-11(3)13(17(19)20)10(2)15-16/h9,12,14,18H,5-8H2,1-4H3. The zero-order valence-electron chi connectivity index (χ0n) is 13.0. The lowest BCUT2D eigenvalue weighted by molar-refractivity contribution is -0.386. The number of methoxy groups -OCH3 is 1. The fraction of sp³-hybridized carbons (Fsp3) is 0.769. The number of aromatic nitrogens is 2. The Kier molecular flexibility index (Phi) is 6.73. The molecule has 120 valence electrons. The van der Waals surface area contributed by atoms with Gasteiger partial charge in [0.05, 0.1) is 17.6 Å². The fourth-order valence-corrected chi connectivity index (χ4v) is 2.13. The molecule has 1 aromatic heterocycles. The number of aliphatic hydroxyl groups excluding tert-OH is 1. The molecule has 21 heavy (non-hydrogen) atoms. The summed E-state index contributed by atoms with van der Waals surface area (Å²) in [5, 5.41) is 28.2. The minimum absolute atomic E-state index is 0.0172. The summed E-state index contributed by atoms with van der Waals surface area (Å²) in [7, 11) is 1.65. The Morgan fingerprint density at radius 1 is 1.52 bits per heavy atom. The Morgan fingerprint density at radius 3 is 2.71 bits per heavy atom. The van der Waals surface area contributed by atoms with Crippen molar-refractivity contribution >= 4 is 5.69 Å². The molecule has 0 saturated carbocycles. The van der Waals surface area contributed by atoms with E-state index in [9.17, 15) is 15.2 Å². The molecule has 1 rings (SSSR count). The summed E-state index contributed by atoms with van der Waals surface area (Å²) >= 11 is 0. The number of ether oxygens (including phenoxy) is 1. The summed E-state index contributed by atoms with van der Waals surface area (Å²) in [6, 6.07) is 0.231. The van der Waals surface area contributed by atoms with Crippen LogP contribution in [-0.4, -0.2) is 52.2 Å². The van der Waals surface area contributed by atoms with Crippen LogP contribution >= 0.6 is 0 Å². The fourth-order valence-electron chi connectivity index (χ4n) is 2.13. The van der Waals surface area contributed by atoms with Gasteiger partial charge in [-0.05, 0) is 27.2 Å². The summed E-state index contributed by atoms with van der Waals surface area (Å²) in [5.41, 5.74) is 0.846. The Bertz CT molecular complexity index is 475. The van der Waals surface area contributed by atoms with Crippen LogP contribution in [0, 0.1) is 24.0 Å². The second kappa shape index (κ2) is 8.06. The molecule has 0 saturated heterocycles. The highest BCUT2D eigenvalue weighted by atomic mass is 16.6. The van der Waals surface area contributed by atoms with Crippen LogP contribution in [-0.2, 0) is 11.3 Å². The first-order valence-electron chi connectivity index (χ1n) is 6.95. The lowest BCUT2D eigenvalue weighted by Crippen LogP contribution is -2.36. The van der Waals surface area contributed by atoms with E-state index < -0.39 is 11.0 Å². The van der Waals surface area contributed by atoms with Crippen molar-refractivity contribution in [3.05, 3.63) is 21.5 Å². The summed E-state index contributed by atoms with van der Waals surface area (Å²) < 4.78 is 6.47. The van der Waals surface area contributed by atoms with E-state index in [4.69, 9.17) is 4.74 Å². The third-order valence-electron chi connectivity index (χ3n) is 3.37. The van der Waals surface area contributed by atoms with Crippen LogP contribution in [0.4, 0.5) is 5.69 Å². The summed E-state index contributed by atoms with van der Waals surface area (Å²) in [4.78, 5) is 10.5. The maximum absolute atomic E-state index is 10.9. The summed E-state index contributed by atoms with van der Waals surface area (Å²) in [6.07, 6.45) is 0.196. The van der Waals surface area contributed by atoms with Gasteiger partial charge < -0.3 is 15.2 Å². The molecule has 2 unspecified atom stereocenters. The molecule has 2 N–H and O–H groups in total. The van der Waals surface area contributed by atoms with Crippen LogP contribution < -0.4 is 5.32 Å². The normalized spacial score (nSPS) is 14.1. The number of aryl methyl sites for hydroxylation is 1. The van der Waals surface area contributed by atoms with Gasteiger partial charge >= 0.3 is 5.69 Å². The predicted octanol–water partition coefficient (Wildman–Crippen LogP) is 0.784. The smallest absolute Gasteiger partial charge is 0.312 e. The van der Waals surface area contributed by atoms with Crippen LogP contribution in [0.1, 0.15) is 24.7 Å². The molecule has 0 aliphatic carbocycles. The highest BCUT2D eigenvalue weighted by molar-refractivity contribution is 5.39. The molecule has 0 spiro atoms. The molecule has 8 nitrogen and oxygen atoms in total. The van der Waals surface area contributed by atoms with Crippen molar-refractivity contribution in [3.63, 3.8) is 0 Å². The van der Waals surface area contributed by atoms with Crippen LogP contribution in [0.5, 0.6) is 0 Å². The molecule has 0 aliphatic rings. The van der Waals surface area contributed by atoms with Gasteiger partial charge in [0.15, 0.2) is 0 Å². The first kappa shape index (κ1) is 17.5. The Labute approximate surface area is 124 Å². The number of aliphatic hydroxyl groups is 1. The average molecular weight is 300 g/mol. The zero-order valence-corrected chi connectivity index (χ0v) is 13.0. The zero-order chi connectivity index (χ0) is 16.0. The number of nitrogens with zero attached hydrogens (tertiary/aromatic N) is 3. The van der Waals surface area contributed by atoms with Crippen LogP contribution in [0.2, 0.25) is 0 Å². The van der Waals surface area contributed by atoms with Crippen molar-refractivity contribution in [1.82, 2.24) is 15.1 Å². The molecule has 0 bridgehead atoms. The van der Waals surface area contributed by atoms with Crippen molar-refractivity contribution in [2.75, 3.05) is 20.3 Å². The monoisotopic (exact) mass is 300 g/mol. The van der Waals surface area contributed by atoms with Gasteiger partial charge in [0.25, 0.3) is 0 Å². The van der Waals surface area contributed by atoms with Gasteiger partial charge in [-0.1, -0.05) is 0 Å².